The molecule has 0 saturated heterocycles. The molecule has 2 rings (SSSR count). The van der Waals surface area contributed by atoms with Crippen LogP contribution < -0.4 is 0 Å². The highest BCUT2D eigenvalue weighted by Crippen LogP contribution is 2.06. The summed E-state index contributed by atoms with van der Waals surface area (Å²) < 4.78 is 2.50. The number of aryl methyl sites for hydroxylation is 2. The van der Waals surface area contributed by atoms with Gasteiger partial charge in [0.25, 0.3) is 0 Å². The Balaban J connectivity index is 2.26. The maximum Gasteiger partial charge on any atom is 0.372 e. The number of nitrogens with zero attached hydrogens (tertiary/aromatic N) is 6. The topological polar surface area (TPSA) is 78.5 Å². The molecule has 0 aromatic carbocycles. The van der Waals surface area contributed by atoms with Crippen LogP contribution in [0.3, 0.4) is 0 Å². The molecule has 0 amide bonds. The lowest BCUT2D eigenvalue weighted by Crippen LogP contribution is -2.23. The quantitative estimate of drug-likeness (QED) is 0.819. The van der Waals surface area contributed by atoms with E-state index >= 15 is 0 Å². The van der Waals surface area contributed by atoms with Crippen LogP contribution in [0.25, 0.3) is 0 Å². The number of unbranched alkanes of at least 4 members (excludes halogenated alkanes) is 1. The Kier molecular flexibility index (Phi) is 4.38. The first-order valence-corrected chi connectivity index (χ1v) is 6.60. The Morgan fingerprint density at radius 3 is 2.74 bits per heavy atom. The molecular formula is C12H18N6O. The SMILES string of the molecule is CCCCc1nc(CCC)n(C(=O)n2cncn2)n1. The molecule has 0 N–H and O–H groups in total. The molecule has 7 nitrogen and oxygen atoms in total. The van der Waals surface area contributed by atoms with Crippen molar-refractivity contribution < 1.29 is 4.79 Å². The molecule has 7 heteroatoms. The Labute approximate surface area is 111 Å². The van der Waals surface area contributed by atoms with Crippen LogP contribution in [0.2, 0.25) is 0 Å². The Morgan fingerprint density at radius 1 is 1.26 bits per heavy atom. The van der Waals surface area contributed by atoms with E-state index in [0.717, 1.165) is 42.6 Å². The van der Waals surface area contributed by atoms with Gasteiger partial charge in [0.2, 0.25) is 0 Å². The summed E-state index contributed by atoms with van der Waals surface area (Å²) in [6.07, 6.45) is 7.22. The van der Waals surface area contributed by atoms with Crippen molar-refractivity contribution in [2.75, 3.05) is 0 Å². The van der Waals surface area contributed by atoms with Crippen LogP contribution in [0.15, 0.2) is 12.7 Å². The summed E-state index contributed by atoms with van der Waals surface area (Å²) in [6.45, 7) is 4.16. The number of rotatable bonds is 5. The Bertz CT molecular complexity index is 530. The summed E-state index contributed by atoms with van der Waals surface area (Å²) in [7, 11) is 0. The van der Waals surface area contributed by atoms with Gasteiger partial charge in [-0.05, 0) is 12.8 Å². The fraction of sp³-hybridized carbons (Fsp3) is 0.583. The fourth-order valence-corrected chi connectivity index (χ4v) is 1.78. The molecule has 0 spiro atoms. The summed E-state index contributed by atoms with van der Waals surface area (Å²) in [5.74, 6) is 1.41. The van der Waals surface area contributed by atoms with Crippen LogP contribution in [-0.4, -0.2) is 35.6 Å². The van der Waals surface area contributed by atoms with Crippen LogP contribution in [0.4, 0.5) is 4.79 Å². The minimum atomic E-state index is -0.337. The lowest BCUT2D eigenvalue weighted by atomic mass is 10.2. The van der Waals surface area contributed by atoms with E-state index in [-0.39, 0.29) is 6.03 Å². The van der Waals surface area contributed by atoms with Gasteiger partial charge in [0.15, 0.2) is 5.82 Å². The smallest absolute Gasteiger partial charge is 0.243 e. The molecule has 2 aromatic rings. The van der Waals surface area contributed by atoms with E-state index in [1.807, 2.05) is 6.92 Å². The van der Waals surface area contributed by atoms with Crippen LogP contribution >= 0.6 is 0 Å². The van der Waals surface area contributed by atoms with Crippen molar-refractivity contribution in [2.24, 2.45) is 0 Å². The van der Waals surface area contributed by atoms with Gasteiger partial charge in [-0.3, -0.25) is 0 Å². The van der Waals surface area contributed by atoms with Gasteiger partial charge in [-0.1, -0.05) is 20.3 Å². The number of hydrogen-bond donors (Lipinski definition) is 0. The van der Waals surface area contributed by atoms with E-state index < -0.39 is 0 Å². The molecule has 0 bridgehead atoms. The molecule has 102 valence electrons. The standard InChI is InChI=1S/C12H18N6O/c1-3-5-7-10-15-11(6-4-2)18(16-10)12(19)17-9-13-8-14-17/h8-9H,3-7H2,1-2H3. The van der Waals surface area contributed by atoms with Crippen molar-refractivity contribution in [2.45, 2.75) is 46.0 Å². The minimum absolute atomic E-state index is 0.337. The predicted octanol–water partition coefficient (Wildman–Crippen LogP) is 1.68. The van der Waals surface area contributed by atoms with Crippen molar-refractivity contribution in [1.29, 1.82) is 0 Å². The molecular weight excluding hydrogens is 244 g/mol. The third-order valence-electron chi connectivity index (χ3n) is 2.74. The zero-order valence-electron chi connectivity index (χ0n) is 11.3. The van der Waals surface area contributed by atoms with E-state index in [1.165, 1.54) is 17.3 Å². The minimum Gasteiger partial charge on any atom is -0.243 e. The van der Waals surface area contributed by atoms with E-state index in [9.17, 15) is 4.79 Å². The highest BCUT2D eigenvalue weighted by Gasteiger charge is 2.17. The lowest BCUT2D eigenvalue weighted by Gasteiger charge is -2.01. The van der Waals surface area contributed by atoms with Gasteiger partial charge in [-0.2, -0.15) is 14.5 Å². The van der Waals surface area contributed by atoms with Crippen molar-refractivity contribution in [3.8, 4) is 0 Å². The number of aromatic nitrogens is 6. The highest BCUT2D eigenvalue weighted by atomic mass is 16.2. The predicted molar refractivity (Wildman–Crippen MR) is 68.8 cm³/mol. The molecule has 0 saturated carbocycles. The second-order valence-electron chi connectivity index (χ2n) is 4.33. The summed E-state index contributed by atoms with van der Waals surface area (Å²) in [5.41, 5.74) is 0. The van der Waals surface area contributed by atoms with Gasteiger partial charge < -0.3 is 0 Å². The first kappa shape index (κ1) is 13.4. The first-order chi connectivity index (χ1) is 9.26. The van der Waals surface area contributed by atoms with Gasteiger partial charge in [-0.15, -0.1) is 5.10 Å². The van der Waals surface area contributed by atoms with Gasteiger partial charge in [0, 0.05) is 12.8 Å². The maximum absolute atomic E-state index is 12.2. The van der Waals surface area contributed by atoms with Crippen LogP contribution in [0.1, 0.15) is 44.8 Å². The summed E-state index contributed by atoms with van der Waals surface area (Å²) in [4.78, 5) is 20.4. The van der Waals surface area contributed by atoms with Crippen LogP contribution in [-0.2, 0) is 12.8 Å². The largest absolute Gasteiger partial charge is 0.372 e. The second kappa shape index (κ2) is 6.21. The molecule has 0 aliphatic heterocycles. The first-order valence-electron chi connectivity index (χ1n) is 6.60. The molecule has 19 heavy (non-hydrogen) atoms. The molecule has 2 heterocycles. The molecule has 2 aromatic heterocycles. The van der Waals surface area contributed by atoms with E-state index in [2.05, 4.69) is 27.1 Å². The fourth-order valence-electron chi connectivity index (χ4n) is 1.78. The lowest BCUT2D eigenvalue weighted by molar-refractivity contribution is 0.237. The average Bonchev–Trinajstić information content (AvgIpc) is 3.05. The Hall–Kier alpha value is -2.05. The van der Waals surface area contributed by atoms with Gasteiger partial charge in [0.1, 0.15) is 18.5 Å². The summed E-state index contributed by atoms with van der Waals surface area (Å²) >= 11 is 0. The zero-order valence-corrected chi connectivity index (χ0v) is 11.3. The van der Waals surface area contributed by atoms with Crippen LogP contribution in [0.5, 0.6) is 0 Å². The second-order valence-corrected chi connectivity index (χ2v) is 4.33. The summed E-state index contributed by atoms with van der Waals surface area (Å²) in [6, 6.07) is -0.337. The van der Waals surface area contributed by atoms with Crippen molar-refractivity contribution >= 4 is 6.03 Å². The number of hydrogen-bond acceptors (Lipinski definition) is 5. The molecule has 0 aliphatic carbocycles. The highest BCUT2D eigenvalue weighted by molar-refractivity contribution is 5.77. The Morgan fingerprint density at radius 2 is 2.11 bits per heavy atom. The molecule has 0 unspecified atom stereocenters. The van der Waals surface area contributed by atoms with Crippen molar-refractivity contribution in [3.63, 3.8) is 0 Å². The molecule has 0 fully saturated rings. The van der Waals surface area contributed by atoms with Gasteiger partial charge in [-0.25, -0.2) is 14.8 Å². The average molecular weight is 262 g/mol. The maximum atomic E-state index is 12.2. The zero-order chi connectivity index (χ0) is 13.7. The number of carbonyl (C=O) groups excluding carboxylic acids is 1. The molecule has 0 aliphatic rings. The molecule has 0 radical (unpaired) electrons. The molecule has 0 atom stereocenters. The van der Waals surface area contributed by atoms with Crippen LogP contribution in [0, 0.1) is 0 Å². The van der Waals surface area contributed by atoms with E-state index in [1.54, 1.807) is 0 Å². The van der Waals surface area contributed by atoms with E-state index in [4.69, 9.17) is 0 Å². The van der Waals surface area contributed by atoms with Crippen molar-refractivity contribution in [3.05, 3.63) is 24.3 Å². The normalized spacial score (nSPS) is 10.8. The van der Waals surface area contributed by atoms with Crippen molar-refractivity contribution in [1.82, 2.24) is 29.5 Å². The third-order valence-corrected chi connectivity index (χ3v) is 2.74. The van der Waals surface area contributed by atoms with E-state index in [0.29, 0.717) is 5.82 Å². The monoisotopic (exact) mass is 262 g/mol. The summed E-state index contributed by atoms with van der Waals surface area (Å²) in [5, 5.41) is 8.12. The van der Waals surface area contributed by atoms with Gasteiger partial charge >= 0.3 is 6.03 Å². The third kappa shape index (κ3) is 3.04. The number of carbonyl (C=O) groups is 1. The van der Waals surface area contributed by atoms with Gasteiger partial charge in [0.05, 0.1) is 0 Å².